The van der Waals surface area contributed by atoms with Crippen molar-refractivity contribution in [3.05, 3.63) is 63.6 Å². The average Bonchev–Trinajstić information content (AvgIpc) is 2.71. The van der Waals surface area contributed by atoms with Crippen LogP contribution in [0.3, 0.4) is 0 Å². The summed E-state index contributed by atoms with van der Waals surface area (Å²) in [4.78, 5) is 27.4. The molecule has 0 bridgehead atoms. The molecule has 0 aliphatic heterocycles. The lowest BCUT2D eigenvalue weighted by Crippen LogP contribution is -2.48. The number of ether oxygens (including phenoxy) is 1. The van der Waals surface area contributed by atoms with Crippen molar-refractivity contribution in [1.82, 2.24) is 10.2 Å². The van der Waals surface area contributed by atoms with Crippen LogP contribution in [-0.4, -0.2) is 36.4 Å². The van der Waals surface area contributed by atoms with Gasteiger partial charge in [-0.25, -0.2) is 0 Å². The summed E-state index contributed by atoms with van der Waals surface area (Å²) < 4.78 is 5.17. The molecule has 2 rings (SSSR count). The minimum Gasteiger partial charge on any atom is -0.497 e. The maximum Gasteiger partial charge on any atom is 0.242 e. The summed E-state index contributed by atoms with van der Waals surface area (Å²) in [6.07, 6.45) is 0.164. The van der Waals surface area contributed by atoms with Crippen molar-refractivity contribution in [3.8, 4) is 5.75 Å². The van der Waals surface area contributed by atoms with Crippen LogP contribution >= 0.6 is 23.2 Å². The van der Waals surface area contributed by atoms with E-state index in [-0.39, 0.29) is 24.8 Å². The molecule has 0 radical (unpaired) electrons. The van der Waals surface area contributed by atoms with Gasteiger partial charge >= 0.3 is 0 Å². The fourth-order valence-corrected chi connectivity index (χ4v) is 3.36. The van der Waals surface area contributed by atoms with Crippen LogP contribution in [-0.2, 0) is 22.6 Å². The van der Waals surface area contributed by atoms with E-state index in [4.69, 9.17) is 27.9 Å². The molecule has 0 aromatic heterocycles. The zero-order valence-corrected chi connectivity index (χ0v) is 19.3. The number of amides is 2. The summed E-state index contributed by atoms with van der Waals surface area (Å²) >= 11 is 12.3. The number of halogens is 2. The maximum atomic E-state index is 13.2. The summed E-state index contributed by atoms with van der Waals surface area (Å²) in [7, 11) is 1.59. The number of nitrogens with zero attached hydrogens (tertiary/aromatic N) is 1. The number of nitrogens with one attached hydrogen (secondary N) is 1. The summed E-state index contributed by atoms with van der Waals surface area (Å²) in [6, 6.07) is 11.8. The molecule has 0 saturated carbocycles. The van der Waals surface area contributed by atoms with E-state index in [0.29, 0.717) is 22.5 Å². The molecular weight excluding hydrogens is 423 g/mol. The largest absolute Gasteiger partial charge is 0.497 e. The Bertz CT molecular complexity index is 869. The molecule has 1 atom stereocenters. The number of methoxy groups -OCH3 is 1. The zero-order valence-electron chi connectivity index (χ0n) is 17.7. The molecule has 0 saturated heterocycles. The quantitative estimate of drug-likeness (QED) is 0.600. The Balaban J connectivity index is 2.23. The van der Waals surface area contributed by atoms with E-state index in [0.717, 1.165) is 16.9 Å². The normalized spacial score (nSPS) is 11.8. The van der Waals surface area contributed by atoms with Gasteiger partial charge in [-0.2, -0.15) is 0 Å². The molecule has 5 nitrogen and oxygen atoms in total. The molecule has 2 aromatic rings. The predicted molar refractivity (Wildman–Crippen MR) is 121 cm³/mol. The Morgan fingerprint density at radius 2 is 1.73 bits per heavy atom. The topological polar surface area (TPSA) is 58.6 Å². The van der Waals surface area contributed by atoms with Crippen molar-refractivity contribution in [2.45, 2.75) is 39.8 Å². The van der Waals surface area contributed by atoms with Gasteiger partial charge in [0.25, 0.3) is 0 Å². The van der Waals surface area contributed by atoms with Gasteiger partial charge in [0.1, 0.15) is 11.8 Å². The lowest BCUT2D eigenvalue weighted by molar-refractivity contribution is -0.140. The first-order chi connectivity index (χ1) is 14.2. The first kappa shape index (κ1) is 24.0. The summed E-state index contributed by atoms with van der Waals surface area (Å²) in [5, 5.41) is 3.88. The second kappa shape index (κ2) is 11.2. The van der Waals surface area contributed by atoms with Crippen molar-refractivity contribution in [2.75, 3.05) is 13.7 Å². The molecule has 2 amide bonds. The molecule has 0 spiro atoms. The van der Waals surface area contributed by atoms with Crippen molar-refractivity contribution in [3.63, 3.8) is 0 Å². The molecule has 162 valence electrons. The fourth-order valence-electron chi connectivity index (χ4n) is 2.89. The van der Waals surface area contributed by atoms with Gasteiger partial charge in [-0.15, -0.1) is 0 Å². The minimum absolute atomic E-state index is 0.164. The van der Waals surface area contributed by atoms with E-state index in [2.05, 4.69) is 5.32 Å². The minimum atomic E-state index is -0.652. The van der Waals surface area contributed by atoms with E-state index in [1.54, 1.807) is 37.1 Å². The van der Waals surface area contributed by atoms with E-state index in [1.807, 2.05) is 38.1 Å². The van der Waals surface area contributed by atoms with E-state index in [1.165, 1.54) is 0 Å². The number of rotatable bonds is 9. The van der Waals surface area contributed by atoms with Crippen LogP contribution in [0.15, 0.2) is 42.5 Å². The molecule has 0 unspecified atom stereocenters. The highest BCUT2D eigenvalue weighted by Crippen LogP contribution is 2.24. The van der Waals surface area contributed by atoms with Crippen molar-refractivity contribution >= 4 is 35.0 Å². The van der Waals surface area contributed by atoms with Crippen LogP contribution in [0.4, 0.5) is 0 Å². The maximum absolute atomic E-state index is 13.2. The van der Waals surface area contributed by atoms with Crippen molar-refractivity contribution < 1.29 is 14.3 Å². The van der Waals surface area contributed by atoms with Gasteiger partial charge in [-0.1, -0.05) is 55.2 Å². The highest BCUT2D eigenvalue weighted by molar-refractivity contribution is 6.35. The van der Waals surface area contributed by atoms with Gasteiger partial charge < -0.3 is 15.0 Å². The highest BCUT2D eigenvalue weighted by atomic mass is 35.5. The second-order valence-corrected chi connectivity index (χ2v) is 8.44. The Morgan fingerprint density at radius 1 is 1.07 bits per heavy atom. The third-order valence-electron chi connectivity index (χ3n) is 4.72. The highest BCUT2D eigenvalue weighted by Gasteiger charge is 2.27. The van der Waals surface area contributed by atoms with E-state index >= 15 is 0 Å². The van der Waals surface area contributed by atoms with E-state index in [9.17, 15) is 9.59 Å². The Hall–Kier alpha value is -2.24. The second-order valence-electron chi connectivity index (χ2n) is 7.60. The van der Waals surface area contributed by atoms with Gasteiger partial charge in [0, 0.05) is 23.1 Å². The van der Waals surface area contributed by atoms with Gasteiger partial charge in [0.15, 0.2) is 0 Å². The number of carbonyl (C=O) groups excluding carboxylic acids is 2. The molecule has 0 aliphatic rings. The zero-order chi connectivity index (χ0) is 22.3. The summed E-state index contributed by atoms with van der Waals surface area (Å²) in [6.45, 7) is 6.52. The molecule has 0 heterocycles. The number of benzene rings is 2. The lowest BCUT2D eigenvalue weighted by atomic mass is 10.1. The van der Waals surface area contributed by atoms with Crippen molar-refractivity contribution in [2.24, 2.45) is 5.92 Å². The molecule has 1 N–H and O–H groups in total. The van der Waals surface area contributed by atoms with Crippen LogP contribution in [0.1, 0.15) is 31.9 Å². The third kappa shape index (κ3) is 6.92. The monoisotopic (exact) mass is 450 g/mol. The standard InChI is InChI=1S/C23H28Cl2N2O3/c1-15(2)13-26-23(29)16(3)27(14-18-7-8-19(24)12-21(18)25)22(28)11-17-5-9-20(30-4)10-6-17/h5-10,12,15-16H,11,13-14H2,1-4H3,(H,26,29)/t16-/m0/s1. The van der Waals surface area contributed by atoms with E-state index < -0.39 is 6.04 Å². The van der Waals surface area contributed by atoms with Gasteiger partial charge in [-0.05, 0) is 48.2 Å². The van der Waals surface area contributed by atoms with Crippen LogP contribution < -0.4 is 10.1 Å². The molecule has 0 aliphatic carbocycles. The number of hydrogen-bond donors (Lipinski definition) is 1. The number of hydrogen-bond acceptors (Lipinski definition) is 3. The summed E-state index contributed by atoms with van der Waals surface area (Å²) in [5.74, 6) is 0.669. The summed E-state index contributed by atoms with van der Waals surface area (Å²) in [5.41, 5.74) is 1.57. The van der Waals surface area contributed by atoms with Crippen LogP contribution in [0.2, 0.25) is 10.0 Å². The fraction of sp³-hybridized carbons (Fsp3) is 0.391. The van der Waals surface area contributed by atoms with Crippen molar-refractivity contribution in [1.29, 1.82) is 0 Å². The van der Waals surface area contributed by atoms with Crippen LogP contribution in [0, 0.1) is 5.92 Å². The lowest BCUT2D eigenvalue weighted by Gasteiger charge is -2.29. The molecular formula is C23H28Cl2N2O3. The van der Waals surface area contributed by atoms with Gasteiger partial charge in [0.2, 0.25) is 11.8 Å². The SMILES string of the molecule is COc1ccc(CC(=O)N(Cc2ccc(Cl)cc2Cl)[C@@H](C)C(=O)NCC(C)C)cc1. The average molecular weight is 451 g/mol. The van der Waals surface area contributed by atoms with Crippen LogP contribution in [0.5, 0.6) is 5.75 Å². The molecule has 30 heavy (non-hydrogen) atoms. The van der Waals surface area contributed by atoms with Crippen LogP contribution in [0.25, 0.3) is 0 Å². The third-order valence-corrected chi connectivity index (χ3v) is 5.31. The van der Waals surface area contributed by atoms with Gasteiger partial charge in [0.05, 0.1) is 13.5 Å². The first-order valence-electron chi connectivity index (χ1n) is 9.85. The molecule has 0 fully saturated rings. The Labute approximate surface area is 188 Å². The Morgan fingerprint density at radius 3 is 2.30 bits per heavy atom. The Kier molecular flexibility index (Phi) is 9.00. The van der Waals surface area contributed by atoms with Gasteiger partial charge in [-0.3, -0.25) is 9.59 Å². The molecule has 7 heteroatoms. The molecule has 2 aromatic carbocycles. The first-order valence-corrected chi connectivity index (χ1v) is 10.6. The number of carbonyl (C=O) groups is 2. The smallest absolute Gasteiger partial charge is 0.242 e. The predicted octanol–water partition coefficient (Wildman–Crippen LogP) is 4.73.